The predicted octanol–water partition coefficient (Wildman–Crippen LogP) is 0.773. The normalized spacial score (nSPS) is 22.2. The lowest BCUT2D eigenvalue weighted by molar-refractivity contribution is 0.0690. The van der Waals surface area contributed by atoms with E-state index in [1.54, 1.807) is 12.3 Å². The topological polar surface area (TPSA) is 55.2 Å². The number of rotatable bonds is 2. The van der Waals surface area contributed by atoms with E-state index in [1.807, 2.05) is 11.8 Å². The van der Waals surface area contributed by atoms with Crippen molar-refractivity contribution < 1.29 is 9.84 Å². The third kappa shape index (κ3) is 2.23. The third-order valence-corrected chi connectivity index (χ3v) is 2.99. The molecule has 1 unspecified atom stereocenters. The van der Waals surface area contributed by atoms with Crippen molar-refractivity contribution in [2.75, 3.05) is 18.1 Å². The van der Waals surface area contributed by atoms with Crippen molar-refractivity contribution in [2.24, 2.45) is 0 Å². The minimum Gasteiger partial charge on any atom is -0.390 e. The van der Waals surface area contributed by atoms with Crippen LogP contribution in [-0.4, -0.2) is 33.2 Å². The first kappa shape index (κ1) is 9.89. The Kier molecular flexibility index (Phi) is 3.34. The summed E-state index contributed by atoms with van der Waals surface area (Å²) in [6.45, 7) is 0.706. The van der Waals surface area contributed by atoms with Crippen LogP contribution in [0, 0.1) is 0 Å². The van der Waals surface area contributed by atoms with Crippen LogP contribution < -0.4 is 0 Å². The van der Waals surface area contributed by atoms with Gasteiger partial charge in [0.15, 0.2) is 5.82 Å². The summed E-state index contributed by atoms with van der Waals surface area (Å²) in [5.41, 5.74) is 0.647. The van der Waals surface area contributed by atoms with Gasteiger partial charge in [0, 0.05) is 17.7 Å². The molecule has 2 heterocycles. The highest BCUT2D eigenvalue weighted by Crippen LogP contribution is 2.23. The van der Waals surface area contributed by atoms with Gasteiger partial charge in [0.05, 0.1) is 18.9 Å². The molecule has 76 valence electrons. The second-order valence-corrected chi connectivity index (χ2v) is 4.15. The van der Waals surface area contributed by atoms with Gasteiger partial charge in [-0.1, -0.05) is 0 Å². The minimum absolute atomic E-state index is 0.0137. The molecule has 0 radical (unpaired) electrons. The van der Waals surface area contributed by atoms with Crippen LogP contribution in [0.4, 0.5) is 0 Å². The van der Waals surface area contributed by atoms with Gasteiger partial charge in [-0.25, -0.2) is 9.97 Å². The van der Waals surface area contributed by atoms with Crippen LogP contribution in [0.3, 0.4) is 0 Å². The molecule has 0 saturated carbocycles. The summed E-state index contributed by atoms with van der Waals surface area (Å²) in [6.07, 6.45) is 1.65. The molecule has 1 aromatic rings. The Hall–Kier alpha value is -0.650. The summed E-state index contributed by atoms with van der Waals surface area (Å²) < 4.78 is 5.54. The molecule has 4 nitrogen and oxygen atoms in total. The molecule has 0 aliphatic carbocycles. The summed E-state index contributed by atoms with van der Waals surface area (Å²) in [6, 6.07) is 1.71. The van der Waals surface area contributed by atoms with E-state index in [1.165, 1.54) is 0 Å². The number of ether oxygens (including phenoxy) is 1. The highest BCUT2D eigenvalue weighted by molar-refractivity contribution is 7.99. The summed E-state index contributed by atoms with van der Waals surface area (Å²) in [5.74, 6) is 2.62. The molecule has 0 bridgehead atoms. The van der Waals surface area contributed by atoms with Crippen LogP contribution in [0.2, 0.25) is 0 Å². The summed E-state index contributed by atoms with van der Waals surface area (Å²) in [4.78, 5) is 8.37. The van der Waals surface area contributed by atoms with E-state index in [0.717, 1.165) is 18.1 Å². The molecule has 1 aromatic heterocycles. The van der Waals surface area contributed by atoms with Gasteiger partial charge in [0.25, 0.3) is 0 Å². The van der Waals surface area contributed by atoms with Gasteiger partial charge in [0.1, 0.15) is 6.10 Å². The average molecular weight is 212 g/mol. The number of hydrogen-bond donors (Lipinski definition) is 1. The first-order chi connectivity index (χ1) is 6.90. The van der Waals surface area contributed by atoms with Gasteiger partial charge >= 0.3 is 0 Å². The van der Waals surface area contributed by atoms with Gasteiger partial charge in [-0.3, -0.25) is 0 Å². The first-order valence-corrected chi connectivity index (χ1v) is 5.67. The van der Waals surface area contributed by atoms with Crippen LogP contribution in [-0.2, 0) is 11.3 Å². The van der Waals surface area contributed by atoms with E-state index < -0.39 is 0 Å². The minimum atomic E-state index is -0.0462. The van der Waals surface area contributed by atoms with Crippen LogP contribution in [0.25, 0.3) is 0 Å². The van der Waals surface area contributed by atoms with Crippen molar-refractivity contribution >= 4 is 11.8 Å². The van der Waals surface area contributed by atoms with Crippen LogP contribution in [0.1, 0.15) is 17.6 Å². The van der Waals surface area contributed by atoms with Crippen molar-refractivity contribution in [3.05, 3.63) is 23.8 Å². The fraction of sp³-hybridized carbons (Fsp3) is 0.556. The summed E-state index contributed by atoms with van der Waals surface area (Å²) in [5, 5.41) is 8.92. The number of aliphatic hydroxyl groups is 1. The van der Waals surface area contributed by atoms with E-state index in [2.05, 4.69) is 9.97 Å². The maximum absolute atomic E-state index is 8.92. The number of aliphatic hydroxyl groups excluding tert-OH is 1. The van der Waals surface area contributed by atoms with Crippen LogP contribution >= 0.6 is 11.8 Å². The zero-order valence-corrected chi connectivity index (χ0v) is 8.54. The zero-order valence-electron chi connectivity index (χ0n) is 7.72. The van der Waals surface area contributed by atoms with E-state index in [9.17, 15) is 0 Å². The van der Waals surface area contributed by atoms with Crippen molar-refractivity contribution in [1.82, 2.24) is 9.97 Å². The fourth-order valence-electron chi connectivity index (χ4n) is 1.29. The number of aromatic nitrogens is 2. The number of nitrogens with zero attached hydrogens (tertiary/aromatic N) is 2. The Labute approximate surface area is 86.7 Å². The Balaban J connectivity index is 2.13. The van der Waals surface area contributed by atoms with Crippen LogP contribution in [0.5, 0.6) is 0 Å². The number of thioether (sulfide) groups is 1. The molecule has 1 saturated heterocycles. The molecule has 0 spiro atoms. The Bertz CT molecular complexity index is 303. The first-order valence-electron chi connectivity index (χ1n) is 4.52. The molecular formula is C9H12N2O2S. The molecule has 5 heteroatoms. The molecule has 1 fully saturated rings. The van der Waals surface area contributed by atoms with E-state index in [0.29, 0.717) is 11.5 Å². The van der Waals surface area contributed by atoms with E-state index in [-0.39, 0.29) is 12.7 Å². The maximum Gasteiger partial charge on any atom is 0.158 e. The molecular weight excluding hydrogens is 200 g/mol. The van der Waals surface area contributed by atoms with Gasteiger partial charge in [0.2, 0.25) is 0 Å². The van der Waals surface area contributed by atoms with Gasteiger partial charge < -0.3 is 9.84 Å². The monoisotopic (exact) mass is 212 g/mol. The zero-order chi connectivity index (χ0) is 9.80. The van der Waals surface area contributed by atoms with Crippen molar-refractivity contribution in [2.45, 2.75) is 12.7 Å². The molecule has 1 atom stereocenters. The maximum atomic E-state index is 8.92. The van der Waals surface area contributed by atoms with Crippen molar-refractivity contribution in [1.29, 1.82) is 0 Å². The molecule has 1 N–H and O–H groups in total. The lowest BCUT2D eigenvalue weighted by Gasteiger charge is -2.20. The van der Waals surface area contributed by atoms with E-state index in [4.69, 9.17) is 9.84 Å². The smallest absolute Gasteiger partial charge is 0.158 e. The lowest BCUT2D eigenvalue weighted by atomic mass is 10.3. The van der Waals surface area contributed by atoms with Gasteiger partial charge in [-0.15, -0.1) is 0 Å². The SMILES string of the molecule is OCc1ccnc(C2CSCCO2)n1. The summed E-state index contributed by atoms with van der Waals surface area (Å²) >= 11 is 1.84. The average Bonchev–Trinajstić information content (AvgIpc) is 2.30. The van der Waals surface area contributed by atoms with Crippen LogP contribution in [0.15, 0.2) is 12.3 Å². The second-order valence-electron chi connectivity index (χ2n) is 3.00. The second kappa shape index (κ2) is 4.72. The molecule has 0 amide bonds. The highest BCUT2D eigenvalue weighted by Gasteiger charge is 2.18. The van der Waals surface area contributed by atoms with Gasteiger partial charge in [-0.05, 0) is 6.07 Å². The fourth-order valence-corrected chi connectivity index (χ4v) is 2.13. The Morgan fingerprint density at radius 3 is 3.29 bits per heavy atom. The molecule has 0 aromatic carbocycles. The summed E-state index contributed by atoms with van der Waals surface area (Å²) in [7, 11) is 0. The molecule has 1 aliphatic rings. The quantitative estimate of drug-likeness (QED) is 0.785. The highest BCUT2D eigenvalue weighted by atomic mass is 32.2. The number of hydrogen-bond acceptors (Lipinski definition) is 5. The predicted molar refractivity (Wildman–Crippen MR) is 54.0 cm³/mol. The largest absolute Gasteiger partial charge is 0.390 e. The Morgan fingerprint density at radius 1 is 1.64 bits per heavy atom. The van der Waals surface area contributed by atoms with E-state index >= 15 is 0 Å². The molecule has 1 aliphatic heterocycles. The molecule has 2 rings (SSSR count). The molecule has 14 heavy (non-hydrogen) atoms. The van der Waals surface area contributed by atoms with Crippen molar-refractivity contribution in [3.63, 3.8) is 0 Å². The van der Waals surface area contributed by atoms with Crippen molar-refractivity contribution in [3.8, 4) is 0 Å². The third-order valence-electron chi connectivity index (χ3n) is 2.00. The van der Waals surface area contributed by atoms with Gasteiger partial charge in [-0.2, -0.15) is 11.8 Å². The standard InChI is InChI=1S/C9H12N2O2S/c12-5-7-1-2-10-9(11-7)8-6-14-4-3-13-8/h1-2,8,12H,3-6H2. The lowest BCUT2D eigenvalue weighted by Crippen LogP contribution is -2.18. The Morgan fingerprint density at radius 2 is 2.57 bits per heavy atom.